The van der Waals surface area contributed by atoms with Crippen LogP contribution in [0.5, 0.6) is 0 Å². The van der Waals surface area contributed by atoms with Crippen LogP contribution in [0.2, 0.25) is 0 Å². The fourth-order valence-electron chi connectivity index (χ4n) is 2.50. The molecule has 2 heterocycles. The summed E-state index contributed by atoms with van der Waals surface area (Å²) in [5.41, 5.74) is 8.09. The number of aryl methyl sites for hydroxylation is 1. The van der Waals surface area contributed by atoms with Gasteiger partial charge in [0.15, 0.2) is 0 Å². The van der Waals surface area contributed by atoms with E-state index >= 15 is 0 Å². The van der Waals surface area contributed by atoms with Crippen LogP contribution < -0.4 is 17.0 Å². The summed E-state index contributed by atoms with van der Waals surface area (Å²) in [7, 11) is 2.97. The van der Waals surface area contributed by atoms with E-state index in [0.717, 1.165) is 21.6 Å². The molecule has 1 aromatic carbocycles. The molecule has 0 aliphatic heterocycles. The lowest BCUT2D eigenvalue weighted by Gasteiger charge is -2.09. The minimum atomic E-state index is -0.452. The van der Waals surface area contributed by atoms with Crippen LogP contribution in [0.4, 0.5) is 5.82 Å². The molecule has 7 heteroatoms. The first kappa shape index (κ1) is 16.2. The molecule has 0 saturated carbocycles. The quantitative estimate of drug-likeness (QED) is 0.789. The number of nitrogens with zero attached hydrogens (tertiary/aromatic N) is 3. The predicted molar refractivity (Wildman–Crippen MR) is 97.3 cm³/mol. The van der Waals surface area contributed by atoms with Gasteiger partial charge in [0, 0.05) is 25.0 Å². The number of benzene rings is 1. The van der Waals surface area contributed by atoms with E-state index in [-0.39, 0.29) is 11.4 Å². The van der Waals surface area contributed by atoms with Crippen molar-refractivity contribution in [2.24, 2.45) is 14.1 Å². The number of rotatable bonds is 3. The SMILES string of the molecule is CCc1ccc(-c2nc(-c3c(N)n(C)c(=O)n(C)c3=O)cs2)cc1. The summed E-state index contributed by atoms with van der Waals surface area (Å²) < 4.78 is 2.30. The topological polar surface area (TPSA) is 82.9 Å². The van der Waals surface area contributed by atoms with Crippen LogP contribution in [0.1, 0.15) is 12.5 Å². The van der Waals surface area contributed by atoms with Crippen LogP contribution in [0.15, 0.2) is 39.2 Å². The summed E-state index contributed by atoms with van der Waals surface area (Å²) in [6.45, 7) is 2.11. The lowest BCUT2D eigenvalue weighted by atomic mass is 10.1. The van der Waals surface area contributed by atoms with E-state index in [1.54, 1.807) is 5.38 Å². The Bertz CT molecular complexity index is 1010. The molecule has 2 aromatic heterocycles. The predicted octanol–water partition coefficient (Wildman–Crippen LogP) is 2.02. The van der Waals surface area contributed by atoms with Crippen LogP contribution in [0, 0.1) is 0 Å². The largest absolute Gasteiger partial charge is 0.384 e. The second kappa shape index (κ2) is 6.09. The Kier molecular flexibility index (Phi) is 4.11. The maximum atomic E-state index is 12.4. The van der Waals surface area contributed by atoms with Gasteiger partial charge in [0.1, 0.15) is 16.4 Å². The standard InChI is InChI=1S/C17H18N4O2S/c1-4-10-5-7-11(8-6-10)15-19-12(9-24-15)13-14(18)20(2)17(23)21(3)16(13)22/h5-9H,4,18H2,1-3H3. The average molecular weight is 342 g/mol. The van der Waals surface area contributed by atoms with E-state index in [2.05, 4.69) is 24.0 Å². The van der Waals surface area contributed by atoms with Gasteiger partial charge in [0.2, 0.25) is 0 Å². The van der Waals surface area contributed by atoms with Gasteiger partial charge in [-0.25, -0.2) is 9.78 Å². The second-order valence-electron chi connectivity index (χ2n) is 5.55. The van der Waals surface area contributed by atoms with Crippen molar-refractivity contribution in [3.63, 3.8) is 0 Å². The smallest absolute Gasteiger partial charge is 0.332 e. The van der Waals surface area contributed by atoms with Gasteiger partial charge in [-0.15, -0.1) is 11.3 Å². The Morgan fingerprint density at radius 2 is 1.79 bits per heavy atom. The Balaban J connectivity index is 2.12. The molecule has 3 rings (SSSR count). The Morgan fingerprint density at radius 3 is 2.42 bits per heavy atom. The van der Waals surface area contributed by atoms with Crippen molar-refractivity contribution in [1.29, 1.82) is 0 Å². The molecule has 0 spiro atoms. The first-order valence-corrected chi connectivity index (χ1v) is 8.42. The van der Waals surface area contributed by atoms with Gasteiger partial charge in [0.25, 0.3) is 5.56 Å². The highest BCUT2D eigenvalue weighted by Gasteiger charge is 2.18. The second-order valence-corrected chi connectivity index (χ2v) is 6.41. The molecule has 124 valence electrons. The zero-order chi connectivity index (χ0) is 17.4. The number of aromatic nitrogens is 3. The summed E-state index contributed by atoms with van der Waals surface area (Å²) in [5.74, 6) is 0.126. The van der Waals surface area contributed by atoms with Crippen molar-refractivity contribution in [1.82, 2.24) is 14.1 Å². The molecule has 24 heavy (non-hydrogen) atoms. The highest BCUT2D eigenvalue weighted by Crippen LogP contribution is 2.29. The minimum Gasteiger partial charge on any atom is -0.384 e. The van der Waals surface area contributed by atoms with Gasteiger partial charge in [-0.05, 0) is 12.0 Å². The van der Waals surface area contributed by atoms with E-state index in [1.807, 2.05) is 12.1 Å². The summed E-state index contributed by atoms with van der Waals surface area (Å²) >= 11 is 1.44. The number of hydrogen-bond acceptors (Lipinski definition) is 5. The summed E-state index contributed by atoms with van der Waals surface area (Å²) in [4.78, 5) is 28.9. The molecule has 0 aliphatic carbocycles. The molecule has 0 fully saturated rings. The number of thiazole rings is 1. The van der Waals surface area contributed by atoms with Crippen LogP contribution >= 0.6 is 11.3 Å². The molecular formula is C17H18N4O2S. The van der Waals surface area contributed by atoms with Gasteiger partial charge in [-0.1, -0.05) is 31.2 Å². The maximum Gasteiger partial charge on any atom is 0.332 e. The molecule has 0 radical (unpaired) electrons. The zero-order valence-electron chi connectivity index (χ0n) is 13.7. The molecule has 0 unspecified atom stereocenters. The summed E-state index contributed by atoms with van der Waals surface area (Å²) in [6.07, 6.45) is 0.980. The number of nitrogen functional groups attached to an aromatic ring is 1. The molecular weight excluding hydrogens is 324 g/mol. The highest BCUT2D eigenvalue weighted by atomic mass is 32.1. The fraction of sp³-hybridized carbons (Fsp3) is 0.235. The third-order valence-electron chi connectivity index (χ3n) is 4.08. The van der Waals surface area contributed by atoms with Gasteiger partial charge in [-0.2, -0.15) is 0 Å². The molecule has 0 aliphatic rings. The van der Waals surface area contributed by atoms with E-state index in [0.29, 0.717) is 5.69 Å². The molecule has 0 bridgehead atoms. The molecule has 2 N–H and O–H groups in total. The van der Waals surface area contributed by atoms with E-state index in [9.17, 15) is 9.59 Å². The first-order chi connectivity index (χ1) is 11.4. The fourth-order valence-corrected chi connectivity index (χ4v) is 3.32. The summed E-state index contributed by atoms with van der Waals surface area (Å²) in [5, 5.41) is 2.60. The number of nitrogens with two attached hydrogens (primary N) is 1. The van der Waals surface area contributed by atoms with Crippen molar-refractivity contribution < 1.29 is 0 Å². The maximum absolute atomic E-state index is 12.4. The normalized spacial score (nSPS) is 11.0. The van der Waals surface area contributed by atoms with Crippen molar-refractivity contribution in [3.05, 3.63) is 56.0 Å². The van der Waals surface area contributed by atoms with Gasteiger partial charge < -0.3 is 5.73 Å². The van der Waals surface area contributed by atoms with Crippen molar-refractivity contribution in [2.45, 2.75) is 13.3 Å². The third kappa shape index (κ3) is 2.56. The van der Waals surface area contributed by atoms with Crippen molar-refractivity contribution in [2.75, 3.05) is 5.73 Å². The Morgan fingerprint density at radius 1 is 1.12 bits per heavy atom. The Hall–Kier alpha value is -2.67. The molecule has 0 saturated heterocycles. The lowest BCUT2D eigenvalue weighted by Crippen LogP contribution is -2.39. The zero-order valence-corrected chi connectivity index (χ0v) is 14.6. The van der Waals surface area contributed by atoms with Crippen LogP contribution in [0.25, 0.3) is 21.8 Å². The monoisotopic (exact) mass is 342 g/mol. The Labute approximate surface area is 142 Å². The van der Waals surface area contributed by atoms with Gasteiger partial charge in [0.05, 0.1) is 5.69 Å². The van der Waals surface area contributed by atoms with Crippen LogP contribution in [-0.2, 0) is 20.5 Å². The van der Waals surface area contributed by atoms with E-state index in [4.69, 9.17) is 5.73 Å². The molecule has 6 nitrogen and oxygen atoms in total. The number of anilines is 1. The van der Waals surface area contributed by atoms with Gasteiger partial charge >= 0.3 is 5.69 Å². The van der Waals surface area contributed by atoms with Crippen molar-refractivity contribution >= 4 is 17.2 Å². The third-order valence-corrected chi connectivity index (χ3v) is 4.97. The molecule has 0 amide bonds. The lowest BCUT2D eigenvalue weighted by molar-refractivity contribution is 0.696. The molecule has 3 aromatic rings. The van der Waals surface area contributed by atoms with Gasteiger partial charge in [-0.3, -0.25) is 13.9 Å². The minimum absolute atomic E-state index is 0.126. The van der Waals surface area contributed by atoms with E-state index < -0.39 is 11.2 Å². The number of hydrogen-bond donors (Lipinski definition) is 1. The van der Waals surface area contributed by atoms with Crippen LogP contribution in [0.3, 0.4) is 0 Å². The van der Waals surface area contributed by atoms with Crippen molar-refractivity contribution in [3.8, 4) is 21.8 Å². The average Bonchev–Trinajstić information content (AvgIpc) is 3.08. The van der Waals surface area contributed by atoms with E-state index in [1.165, 1.54) is 35.6 Å². The summed E-state index contributed by atoms with van der Waals surface area (Å²) in [6, 6.07) is 8.17. The molecule has 0 atom stereocenters. The highest BCUT2D eigenvalue weighted by molar-refractivity contribution is 7.13. The first-order valence-electron chi connectivity index (χ1n) is 7.54. The van der Waals surface area contributed by atoms with Crippen LogP contribution in [-0.4, -0.2) is 14.1 Å².